The van der Waals surface area contributed by atoms with Gasteiger partial charge in [-0.25, -0.2) is 17.5 Å². The van der Waals surface area contributed by atoms with Gasteiger partial charge in [0.2, 0.25) is 10.0 Å². The van der Waals surface area contributed by atoms with Crippen LogP contribution >= 0.6 is 0 Å². The fourth-order valence-electron chi connectivity index (χ4n) is 4.04. The Labute approximate surface area is 168 Å². The van der Waals surface area contributed by atoms with E-state index in [4.69, 9.17) is 4.74 Å². The fraction of sp³-hybridized carbons (Fsp3) is 0.667. The third-order valence-electron chi connectivity index (χ3n) is 5.60. The van der Waals surface area contributed by atoms with Crippen LogP contribution in [0.4, 0.5) is 4.79 Å². The molecule has 2 aliphatic rings. The van der Waals surface area contributed by atoms with Crippen molar-refractivity contribution in [2.45, 2.75) is 63.2 Å². The van der Waals surface area contributed by atoms with Crippen LogP contribution in [0.5, 0.6) is 0 Å². The second-order valence-electron chi connectivity index (χ2n) is 8.80. The van der Waals surface area contributed by atoms with Gasteiger partial charge in [0.15, 0.2) is 0 Å². The molecule has 1 aromatic carbocycles. The Morgan fingerprint density at radius 3 is 2.07 bits per heavy atom. The van der Waals surface area contributed by atoms with E-state index in [2.05, 4.69) is 12.1 Å². The molecule has 3 rings (SSSR count). The Bertz CT molecular complexity index is 757. The summed E-state index contributed by atoms with van der Waals surface area (Å²) in [6.45, 7) is 7.52. The van der Waals surface area contributed by atoms with E-state index in [1.807, 2.05) is 39.0 Å². The van der Waals surface area contributed by atoms with Gasteiger partial charge >= 0.3 is 6.09 Å². The van der Waals surface area contributed by atoms with Crippen LogP contribution in [0.3, 0.4) is 0 Å². The zero-order valence-corrected chi connectivity index (χ0v) is 18.0. The number of piperidine rings is 2. The normalized spacial score (nSPS) is 20.9. The molecule has 6 nitrogen and oxygen atoms in total. The molecule has 0 radical (unpaired) electrons. The van der Waals surface area contributed by atoms with E-state index in [1.165, 1.54) is 5.56 Å². The number of hydrogen-bond acceptors (Lipinski definition) is 4. The van der Waals surface area contributed by atoms with Gasteiger partial charge in [0, 0.05) is 26.2 Å². The van der Waals surface area contributed by atoms with Crippen LogP contribution in [0.1, 0.15) is 57.9 Å². The molecule has 2 saturated heterocycles. The van der Waals surface area contributed by atoms with Gasteiger partial charge in [0.25, 0.3) is 0 Å². The quantitative estimate of drug-likeness (QED) is 0.766. The topological polar surface area (TPSA) is 66.9 Å². The maximum Gasteiger partial charge on any atom is 0.410 e. The molecule has 0 saturated carbocycles. The number of benzene rings is 1. The molecule has 2 fully saturated rings. The lowest BCUT2D eigenvalue weighted by molar-refractivity contribution is 0.0216. The first-order valence-corrected chi connectivity index (χ1v) is 11.7. The van der Waals surface area contributed by atoms with Crippen LogP contribution in [-0.2, 0) is 14.8 Å². The number of amides is 1. The average Bonchev–Trinajstić information content (AvgIpc) is 2.67. The number of rotatable bonds is 3. The van der Waals surface area contributed by atoms with Crippen LogP contribution < -0.4 is 0 Å². The Balaban J connectivity index is 1.53. The van der Waals surface area contributed by atoms with E-state index < -0.39 is 20.9 Å². The van der Waals surface area contributed by atoms with Crippen LogP contribution in [0.25, 0.3) is 0 Å². The molecule has 2 heterocycles. The van der Waals surface area contributed by atoms with Gasteiger partial charge in [-0.05, 0) is 57.9 Å². The minimum atomic E-state index is -3.32. The summed E-state index contributed by atoms with van der Waals surface area (Å²) >= 11 is 0. The smallest absolute Gasteiger partial charge is 0.410 e. The molecule has 1 aromatic rings. The summed E-state index contributed by atoms with van der Waals surface area (Å²) in [7, 11) is -3.32. The standard InChI is InChI=1S/C21H32N2O4S/c1-21(2,3)27-20(24)22-13-11-19(12-14-22)28(25,26)23-15-9-18(10-16-23)17-7-5-4-6-8-17/h4-8,18-19H,9-16H2,1-3H3. The highest BCUT2D eigenvalue weighted by Crippen LogP contribution is 2.31. The second-order valence-corrected chi connectivity index (χ2v) is 11.0. The van der Waals surface area contributed by atoms with E-state index in [-0.39, 0.29) is 6.09 Å². The second kappa shape index (κ2) is 8.41. The summed E-state index contributed by atoms with van der Waals surface area (Å²) in [5.74, 6) is 0.432. The first-order valence-electron chi connectivity index (χ1n) is 10.2. The van der Waals surface area contributed by atoms with E-state index in [1.54, 1.807) is 9.21 Å². The molecule has 28 heavy (non-hydrogen) atoms. The third kappa shape index (κ3) is 5.06. The molecule has 0 aliphatic carbocycles. The summed E-state index contributed by atoms with van der Waals surface area (Å²) in [5, 5.41) is -0.403. The average molecular weight is 409 g/mol. The first-order chi connectivity index (χ1) is 13.2. The molecule has 0 bridgehead atoms. The summed E-state index contributed by atoms with van der Waals surface area (Å²) in [5.41, 5.74) is 0.758. The molecule has 0 unspecified atom stereocenters. The van der Waals surface area contributed by atoms with Gasteiger partial charge < -0.3 is 9.64 Å². The largest absolute Gasteiger partial charge is 0.444 e. The molecule has 0 spiro atoms. The molecule has 1 amide bonds. The van der Waals surface area contributed by atoms with Gasteiger partial charge in [0.05, 0.1) is 5.25 Å². The van der Waals surface area contributed by atoms with Crippen molar-refractivity contribution in [3.05, 3.63) is 35.9 Å². The highest BCUT2D eigenvalue weighted by atomic mass is 32.2. The van der Waals surface area contributed by atoms with Crippen molar-refractivity contribution in [2.24, 2.45) is 0 Å². The van der Waals surface area contributed by atoms with E-state index in [0.717, 1.165) is 12.8 Å². The monoisotopic (exact) mass is 408 g/mol. The highest BCUT2D eigenvalue weighted by Gasteiger charge is 2.38. The predicted molar refractivity (Wildman–Crippen MR) is 110 cm³/mol. The van der Waals surface area contributed by atoms with Crippen LogP contribution in [0, 0.1) is 0 Å². The summed E-state index contributed by atoms with van der Waals surface area (Å²) in [6, 6.07) is 10.3. The van der Waals surface area contributed by atoms with Crippen LogP contribution in [0.15, 0.2) is 30.3 Å². The van der Waals surface area contributed by atoms with Crippen LogP contribution in [-0.4, -0.2) is 60.7 Å². The lowest BCUT2D eigenvalue weighted by atomic mass is 9.90. The van der Waals surface area contributed by atoms with Crippen LogP contribution in [0.2, 0.25) is 0 Å². The summed E-state index contributed by atoms with van der Waals surface area (Å²) in [4.78, 5) is 13.8. The van der Waals surface area contributed by atoms with Crippen molar-refractivity contribution in [1.82, 2.24) is 9.21 Å². The number of sulfonamides is 1. The molecule has 0 atom stereocenters. The Kier molecular flexibility index (Phi) is 6.34. The summed E-state index contributed by atoms with van der Waals surface area (Å²) in [6.07, 6.45) is 2.31. The lowest BCUT2D eigenvalue weighted by Crippen LogP contribution is -2.49. The highest BCUT2D eigenvalue weighted by molar-refractivity contribution is 7.89. The van der Waals surface area contributed by atoms with Crippen molar-refractivity contribution in [1.29, 1.82) is 0 Å². The minimum Gasteiger partial charge on any atom is -0.444 e. The number of likely N-dealkylation sites (tertiary alicyclic amines) is 1. The Hall–Kier alpha value is -1.60. The number of nitrogens with zero attached hydrogens (tertiary/aromatic N) is 2. The number of carbonyl (C=O) groups excluding carboxylic acids is 1. The van der Waals surface area contributed by atoms with Gasteiger partial charge in [-0.2, -0.15) is 0 Å². The molecule has 0 aromatic heterocycles. The minimum absolute atomic E-state index is 0.355. The van der Waals surface area contributed by atoms with E-state index >= 15 is 0 Å². The van der Waals surface area contributed by atoms with Gasteiger partial charge in [-0.1, -0.05) is 30.3 Å². The van der Waals surface area contributed by atoms with Crippen molar-refractivity contribution in [3.8, 4) is 0 Å². The summed E-state index contributed by atoms with van der Waals surface area (Å²) < 4.78 is 33.2. The molecule has 0 N–H and O–H groups in total. The van der Waals surface area contributed by atoms with Gasteiger partial charge in [-0.3, -0.25) is 0 Å². The fourth-order valence-corrected chi connectivity index (χ4v) is 5.99. The van der Waals surface area contributed by atoms with Gasteiger partial charge in [-0.15, -0.1) is 0 Å². The third-order valence-corrected chi connectivity index (χ3v) is 8.00. The molecular weight excluding hydrogens is 376 g/mol. The number of hydrogen-bond donors (Lipinski definition) is 0. The van der Waals surface area contributed by atoms with Crippen molar-refractivity contribution >= 4 is 16.1 Å². The molecular formula is C21H32N2O4S. The predicted octanol–water partition coefficient (Wildman–Crippen LogP) is 3.60. The molecule has 2 aliphatic heterocycles. The Morgan fingerprint density at radius 2 is 1.54 bits per heavy atom. The number of carbonyl (C=O) groups is 1. The van der Waals surface area contributed by atoms with Crippen molar-refractivity contribution in [2.75, 3.05) is 26.2 Å². The molecule has 7 heteroatoms. The maximum atomic E-state index is 13.1. The maximum absolute atomic E-state index is 13.1. The lowest BCUT2D eigenvalue weighted by Gasteiger charge is -2.37. The number of ether oxygens (including phenoxy) is 1. The van der Waals surface area contributed by atoms with Crippen molar-refractivity contribution < 1.29 is 17.9 Å². The zero-order chi connectivity index (χ0) is 20.4. The molecule has 156 valence electrons. The zero-order valence-electron chi connectivity index (χ0n) is 17.1. The van der Waals surface area contributed by atoms with E-state index in [9.17, 15) is 13.2 Å². The first kappa shape index (κ1) is 21.1. The van der Waals surface area contributed by atoms with E-state index in [0.29, 0.717) is 44.9 Å². The SMILES string of the molecule is CC(C)(C)OC(=O)N1CCC(S(=O)(=O)N2CCC(c3ccccc3)CC2)CC1. The van der Waals surface area contributed by atoms with Gasteiger partial charge in [0.1, 0.15) is 5.60 Å². The Morgan fingerprint density at radius 1 is 0.964 bits per heavy atom. The van der Waals surface area contributed by atoms with Crippen molar-refractivity contribution in [3.63, 3.8) is 0 Å².